The highest BCUT2D eigenvalue weighted by Crippen LogP contribution is 2.29. The summed E-state index contributed by atoms with van der Waals surface area (Å²) in [5, 5.41) is 12.1. The molecular weight excluding hydrogens is 364 g/mol. The first-order chi connectivity index (χ1) is 13.1. The number of hydrogen-bond acceptors (Lipinski definition) is 6. The Hall–Kier alpha value is -2.06. The molecule has 0 radical (unpaired) electrons. The molecule has 0 unspecified atom stereocenters. The molecule has 1 saturated heterocycles. The van der Waals surface area contributed by atoms with Crippen molar-refractivity contribution in [1.82, 2.24) is 20.1 Å². The van der Waals surface area contributed by atoms with Gasteiger partial charge in [-0.3, -0.25) is 9.36 Å². The summed E-state index contributed by atoms with van der Waals surface area (Å²) in [7, 11) is 1.65. The van der Waals surface area contributed by atoms with Gasteiger partial charge in [0.05, 0.1) is 25.0 Å². The number of methoxy groups -OCH3 is 1. The van der Waals surface area contributed by atoms with Gasteiger partial charge in [-0.2, -0.15) is 0 Å². The maximum Gasteiger partial charge on any atom is 0.233 e. The third-order valence-electron chi connectivity index (χ3n) is 4.48. The van der Waals surface area contributed by atoms with Crippen LogP contribution in [-0.2, 0) is 16.1 Å². The summed E-state index contributed by atoms with van der Waals surface area (Å²) in [5.41, 5.74) is 0.957. The summed E-state index contributed by atoms with van der Waals surface area (Å²) in [6, 6.07) is 7.75. The lowest BCUT2D eigenvalue weighted by Gasteiger charge is -2.16. The first-order valence-corrected chi connectivity index (χ1v) is 10.1. The second kappa shape index (κ2) is 9.23. The Bertz CT molecular complexity index is 757. The van der Waals surface area contributed by atoms with Crippen LogP contribution in [0.1, 0.15) is 26.7 Å². The highest BCUT2D eigenvalue weighted by molar-refractivity contribution is 8.00. The van der Waals surface area contributed by atoms with E-state index in [1.165, 1.54) is 11.8 Å². The van der Waals surface area contributed by atoms with Crippen LogP contribution in [0.3, 0.4) is 0 Å². The third-order valence-corrected chi connectivity index (χ3v) is 5.56. The zero-order valence-corrected chi connectivity index (χ0v) is 16.8. The first-order valence-electron chi connectivity index (χ1n) is 9.26. The molecule has 8 heteroatoms. The maximum atomic E-state index is 12.1. The minimum absolute atomic E-state index is 0.000152. The molecule has 0 bridgehead atoms. The first kappa shape index (κ1) is 19.7. The zero-order valence-electron chi connectivity index (χ0n) is 16.0. The lowest BCUT2D eigenvalue weighted by molar-refractivity contribution is -0.120. The largest absolute Gasteiger partial charge is 0.497 e. The minimum Gasteiger partial charge on any atom is -0.497 e. The molecule has 2 aromatic rings. The molecule has 3 rings (SSSR count). The molecule has 1 aromatic heterocycles. The van der Waals surface area contributed by atoms with E-state index in [-0.39, 0.29) is 17.3 Å². The van der Waals surface area contributed by atoms with Crippen LogP contribution in [0.4, 0.5) is 0 Å². The van der Waals surface area contributed by atoms with Crippen molar-refractivity contribution in [3.8, 4) is 17.1 Å². The van der Waals surface area contributed by atoms with Crippen LogP contribution >= 0.6 is 11.8 Å². The van der Waals surface area contributed by atoms with Gasteiger partial charge in [0, 0.05) is 18.7 Å². The lowest BCUT2D eigenvalue weighted by atomic mass is 10.2. The van der Waals surface area contributed by atoms with Crippen LogP contribution in [0.25, 0.3) is 11.4 Å². The van der Waals surface area contributed by atoms with E-state index in [2.05, 4.69) is 20.1 Å². The van der Waals surface area contributed by atoms with Crippen molar-refractivity contribution in [2.45, 2.75) is 49.7 Å². The van der Waals surface area contributed by atoms with E-state index >= 15 is 0 Å². The molecule has 146 valence electrons. The number of benzene rings is 1. The average Bonchev–Trinajstić information content (AvgIpc) is 3.33. The molecule has 1 aliphatic rings. The molecular formula is C19H26N4O3S. The van der Waals surface area contributed by atoms with E-state index < -0.39 is 0 Å². The molecule has 0 spiro atoms. The highest BCUT2D eigenvalue weighted by Gasteiger charge is 2.24. The fourth-order valence-electron chi connectivity index (χ4n) is 3.02. The molecule has 1 fully saturated rings. The number of aromatic nitrogens is 3. The number of nitrogens with zero attached hydrogens (tertiary/aromatic N) is 3. The summed E-state index contributed by atoms with van der Waals surface area (Å²) in [5.74, 6) is 1.57. The lowest BCUT2D eigenvalue weighted by Crippen LogP contribution is -2.30. The highest BCUT2D eigenvalue weighted by atomic mass is 32.2. The number of nitrogens with one attached hydrogen (secondary N) is 1. The number of amides is 1. The van der Waals surface area contributed by atoms with Crippen LogP contribution in [0.15, 0.2) is 29.4 Å². The molecule has 2 atom stereocenters. The van der Waals surface area contributed by atoms with Crippen molar-refractivity contribution in [3.63, 3.8) is 0 Å². The Morgan fingerprint density at radius 1 is 1.41 bits per heavy atom. The van der Waals surface area contributed by atoms with Crippen LogP contribution in [-0.4, -0.2) is 52.3 Å². The molecule has 0 saturated carbocycles. The minimum atomic E-state index is -0.249. The van der Waals surface area contributed by atoms with Gasteiger partial charge in [0.15, 0.2) is 11.0 Å². The van der Waals surface area contributed by atoms with E-state index in [0.29, 0.717) is 13.1 Å². The van der Waals surface area contributed by atoms with Gasteiger partial charge in [0.25, 0.3) is 0 Å². The number of thioether (sulfide) groups is 1. The van der Waals surface area contributed by atoms with E-state index in [9.17, 15) is 4.79 Å². The summed E-state index contributed by atoms with van der Waals surface area (Å²) in [6.45, 7) is 5.88. The Balaban J connectivity index is 1.87. The molecule has 1 aromatic carbocycles. The average molecular weight is 391 g/mol. The van der Waals surface area contributed by atoms with Gasteiger partial charge in [0.1, 0.15) is 5.75 Å². The summed E-state index contributed by atoms with van der Waals surface area (Å²) in [6.07, 6.45) is 2.25. The number of ether oxygens (including phenoxy) is 2. The molecule has 1 amide bonds. The van der Waals surface area contributed by atoms with E-state index in [4.69, 9.17) is 9.47 Å². The molecule has 1 aliphatic heterocycles. The van der Waals surface area contributed by atoms with Crippen LogP contribution in [0.5, 0.6) is 5.75 Å². The number of hydrogen-bond donors (Lipinski definition) is 1. The molecule has 27 heavy (non-hydrogen) atoms. The van der Waals surface area contributed by atoms with Gasteiger partial charge in [0.2, 0.25) is 5.91 Å². The number of rotatable bonds is 8. The van der Waals surface area contributed by atoms with Crippen molar-refractivity contribution in [2.24, 2.45) is 0 Å². The van der Waals surface area contributed by atoms with Crippen molar-refractivity contribution < 1.29 is 14.3 Å². The van der Waals surface area contributed by atoms with Gasteiger partial charge < -0.3 is 14.8 Å². The van der Waals surface area contributed by atoms with Crippen molar-refractivity contribution in [1.29, 1.82) is 0 Å². The summed E-state index contributed by atoms with van der Waals surface area (Å²) >= 11 is 1.42. The predicted molar refractivity (Wildman–Crippen MR) is 105 cm³/mol. The smallest absolute Gasteiger partial charge is 0.233 e. The predicted octanol–water partition coefficient (Wildman–Crippen LogP) is 2.75. The molecule has 1 N–H and O–H groups in total. The van der Waals surface area contributed by atoms with Crippen molar-refractivity contribution >= 4 is 17.7 Å². The summed E-state index contributed by atoms with van der Waals surface area (Å²) in [4.78, 5) is 12.1. The van der Waals surface area contributed by atoms with Gasteiger partial charge in [-0.1, -0.05) is 11.8 Å². The Labute approximate surface area is 163 Å². The SMILES string of the molecule is CCNC(=O)[C@@H](C)Sc1nnc(-c2ccc(OC)cc2)n1C[C@@H]1CCCO1. The van der Waals surface area contributed by atoms with Gasteiger partial charge in [-0.25, -0.2) is 0 Å². The van der Waals surface area contributed by atoms with E-state index in [1.54, 1.807) is 7.11 Å². The molecule has 7 nitrogen and oxygen atoms in total. The standard InChI is InChI=1S/C19H26N4O3S/c1-4-20-18(24)13(2)27-19-22-21-17(14-7-9-15(25-3)10-8-14)23(19)12-16-6-5-11-26-16/h7-10,13,16H,4-6,11-12H2,1-3H3,(H,20,24)/t13-,16+/m1/s1. The fourth-order valence-corrected chi connectivity index (χ4v) is 3.90. The normalized spacial score (nSPS) is 17.7. The molecule has 0 aliphatic carbocycles. The Morgan fingerprint density at radius 2 is 2.19 bits per heavy atom. The quantitative estimate of drug-likeness (QED) is 0.699. The van der Waals surface area contributed by atoms with E-state index in [0.717, 1.165) is 41.7 Å². The number of carbonyl (C=O) groups excluding carboxylic acids is 1. The third kappa shape index (κ3) is 4.81. The van der Waals surface area contributed by atoms with Crippen LogP contribution in [0, 0.1) is 0 Å². The van der Waals surface area contributed by atoms with Gasteiger partial charge in [-0.15, -0.1) is 10.2 Å². The monoisotopic (exact) mass is 390 g/mol. The Kier molecular flexibility index (Phi) is 6.73. The van der Waals surface area contributed by atoms with Gasteiger partial charge >= 0.3 is 0 Å². The maximum absolute atomic E-state index is 12.1. The summed E-state index contributed by atoms with van der Waals surface area (Å²) < 4.78 is 13.1. The second-order valence-corrected chi connectivity index (χ2v) is 7.74. The van der Waals surface area contributed by atoms with Crippen molar-refractivity contribution in [3.05, 3.63) is 24.3 Å². The number of carbonyl (C=O) groups is 1. The van der Waals surface area contributed by atoms with Crippen LogP contribution < -0.4 is 10.1 Å². The molecule has 2 heterocycles. The zero-order chi connectivity index (χ0) is 19.2. The fraction of sp³-hybridized carbons (Fsp3) is 0.526. The van der Waals surface area contributed by atoms with Crippen molar-refractivity contribution in [2.75, 3.05) is 20.3 Å². The Morgan fingerprint density at radius 3 is 2.81 bits per heavy atom. The van der Waals surface area contributed by atoms with E-state index in [1.807, 2.05) is 38.1 Å². The second-order valence-electron chi connectivity index (χ2n) is 6.43. The van der Waals surface area contributed by atoms with Crippen LogP contribution in [0.2, 0.25) is 0 Å². The topological polar surface area (TPSA) is 78.3 Å². The van der Waals surface area contributed by atoms with Gasteiger partial charge in [-0.05, 0) is 51.0 Å².